The highest BCUT2D eigenvalue weighted by atomic mass is 16.5. The molecule has 2 aromatic carbocycles. The second-order valence-electron chi connectivity index (χ2n) is 5.80. The minimum absolute atomic E-state index is 0.254. The molecule has 0 aliphatic heterocycles. The molecule has 3 nitrogen and oxygen atoms in total. The number of nitrogens with zero attached hydrogens (tertiary/aromatic N) is 1. The average Bonchev–Trinajstić information content (AvgIpc) is 2.46. The van der Waals surface area contributed by atoms with Gasteiger partial charge in [-0.25, -0.2) is 0 Å². The average molecular weight is 287 g/mol. The summed E-state index contributed by atoms with van der Waals surface area (Å²) in [5, 5.41) is 12.7. The van der Waals surface area contributed by atoms with Crippen LogP contribution in [0.1, 0.15) is 25.5 Å². The van der Waals surface area contributed by atoms with Crippen LogP contribution < -0.4 is 0 Å². The van der Waals surface area contributed by atoms with Crippen molar-refractivity contribution in [2.75, 3.05) is 26.7 Å². The van der Waals surface area contributed by atoms with Gasteiger partial charge in [0.15, 0.2) is 0 Å². The summed E-state index contributed by atoms with van der Waals surface area (Å²) in [6, 6.07) is 14.3. The van der Waals surface area contributed by atoms with Crippen LogP contribution in [-0.2, 0) is 4.74 Å². The van der Waals surface area contributed by atoms with Crippen molar-refractivity contribution in [1.29, 1.82) is 0 Å². The number of aliphatic hydroxyl groups is 1. The van der Waals surface area contributed by atoms with Gasteiger partial charge >= 0.3 is 0 Å². The lowest BCUT2D eigenvalue weighted by molar-refractivity contribution is 0.0519. The molecule has 2 rings (SSSR count). The van der Waals surface area contributed by atoms with Gasteiger partial charge in [-0.05, 0) is 43.3 Å². The van der Waals surface area contributed by atoms with E-state index in [-0.39, 0.29) is 6.10 Å². The Morgan fingerprint density at radius 2 is 1.81 bits per heavy atom. The van der Waals surface area contributed by atoms with Crippen molar-refractivity contribution in [2.24, 2.45) is 0 Å². The van der Waals surface area contributed by atoms with Crippen molar-refractivity contribution < 1.29 is 9.84 Å². The van der Waals surface area contributed by atoms with Gasteiger partial charge in [-0.3, -0.25) is 0 Å². The van der Waals surface area contributed by atoms with Gasteiger partial charge in [-0.1, -0.05) is 36.4 Å². The molecule has 0 bridgehead atoms. The van der Waals surface area contributed by atoms with Crippen LogP contribution in [0.2, 0.25) is 0 Å². The smallest absolute Gasteiger partial charge is 0.0917 e. The zero-order chi connectivity index (χ0) is 15.2. The molecule has 0 aromatic heterocycles. The van der Waals surface area contributed by atoms with Gasteiger partial charge in [-0.15, -0.1) is 0 Å². The Bertz CT molecular complexity index is 568. The third-order valence-corrected chi connectivity index (χ3v) is 3.57. The molecule has 21 heavy (non-hydrogen) atoms. The number of hydrogen-bond donors (Lipinski definition) is 1. The minimum Gasteiger partial charge on any atom is -0.387 e. The Hall–Kier alpha value is -1.42. The fraction of sp³-hybridized carbons (Fsp3) is 0.444. The van der Waals surface area contributed by atoms with Gasteiger partial charge in [0.25, 0.3) is 0 Å². The van der Waals surface area contributed by atoms with E-state index >= 15 is 0 Å². The first kappa shape index (κ1) is 16.0. The maximum atomic E-state index is 10.4. The molecule has 114 valence electrons. The van der Waals surface area contributed by atoms with Gasteiger partial charge in [0.2, 0.25) is 0 Å². The van der Waals surface area contributed by atoms with E-state index in [1.165, 1.54) is 10.8 Å². The normalized spacial score (nSPS) is 13.2. The van der Waals surface area contributed by atoms with Crippen molar-refractivity contribution in [3.05, 3.63) is 48.0 Å². The number of likely N-dealkylation sites (N-methyl/N-ethyl adjacent to an activating group) is 1. The van der Waals surface area contributed by atoms with Crippen LogP contribution in [-0.4, -0.2) is 42.9 Å². The number of rotatable bonds is 7. The molecule has 0 saturated carbocycles. The Balaban J connectivity index is 1.93. The predicted octanol–water partition coefficient (Wildman–Crippen LogP) is 3.23. The minimum atomic E-state index is -0.473. The number of benzene rings is 2. The third kappa shape index (κ3) is 4.81. The Kier molecular flexibility index (Phi) is 5.74. The summed E-state index contributed by atoms with van der Waals surface area (Å²) in [7, 11) is 2.01. The molecule has 0 amide bonds. The number of fused-ring (bicyclic) bond motifs is 1. The topological polar surface area (TPSA) is 32.7 Å². The molecular weight excluding hydrogens is 262 g/mol. The van der Waals surface area contributed by atoms with Gasteiger partial charge in [0.05, 0.1) is 18.8 Å². The first-order valence-corrected chi connectivity index (χ1v) is 7.53. The van der Waals surface area contributed by atoms with Crippen molar-refractivity contribution in [3.63, 3.8) is 0 Å². The lowest BCUT2D eigenvalue weighted by Gasteiger charge is -2.21. The molecule has 0 radical (unpaired) electrons. The molecule has 1 N–H and O–H groups in total. The summed E-state index contributed by atoms with van der Waals surface area (Å²) in [5.74, 6) is 0. The Morgan fingerprint density at radius 3 is 2.52 bits per heavy atom. The maximum Gasteiger partial charge on any atom is 0.0917 e. The van der Waals surface area contributed by atoms with E-state index in [4.69, 9.17) is 4.74 Å². The number of ether oxygens (including phenoxy) is 1. The van der Waals surface area contributed by atoms with Gasteiger partial charge in [0.1, 0.15) is 0 Å². The fourth-order valence-corrected chi connectivity index (χ4v) is 2.35. The highest BCUT2D eigenvalue weighted by Gasteiger charge is 2.11. The van der Waals surface area contributed by atoms with Gasteiger partial charge in [0, 0.05) is 13.1 Å². The fourth-order valence-electron chi connectivity index (χ4n) is 2.35. The lowest BCUT2D eigenvalue weighted by atomic mass is 10.0. The zero-order valence-corrected chi connectivity index (χ0v) is 13.1. The van der Waals surface area contributed by atoms with Crippen LogP contribution in [0.25, 0.3) is 10.8 Å². The summed E-state index contributed by atoms with van der Waals surface area (Å²) in [4.78, 5) is 2.10. The van der Waals surface area contributed by atoms with Crippen LogP contribution >= 0.6 is 0 Å². The van der Waals surface area contributed by atoms with Crippen LogP contribution in [0.5, 0.6) is 0 Å². The molecule has 0 spiro atoms. The van der Waals surface area contributed by atoms with E-state index in [2.05, 4.69) is 29.2 Å². The molecule has 2 aromatic rings. The molecule has 0 aliphatic carbocycles. The highest BCUT2D eigenvalue weighted by Crippen LogP contribution is 2.20. The van der Waals surface area contributed by atoms with E-state index in [0.717, 1.165) is 12.1 Å². The van der Waals surface area contributed by atoms with Crippen LogP contribution in [0.3, 0.4) is 0 Å². The molecule has 0 aliphatic rings. The van der Waals surface area contributed by atoms with Crippen molar-refractivity contribution >= 4 is 10.8 Å². The van der Waals surface area contributed by atoms with Crippen LogP contribution in [0.15, 0.2) is 42.5 Å². The summed E-state index contributed by atoms with van der Waals surface area (Å²) in [5.41, 5.74) is 0.963. The predicted molar refractivity (Wildman–Crippen MR) is 87.5 cm³/mol. The largest absolute Gasteiger partial charge is 0.387 e. The van der Waals surface area contributed by atoms with Crippen molar-refractivity contribution in [2.45, 2.75) is 26.1 Å². The lowest BCUT2D eigenvalue weighted by Crippen LogP contribution is -2.28. The van der Waals surface area contributed by atoms with E-state index in [1.54, 1.807) is 0 Å². The van der Waals surface area contributed by atoms with E-state index in [9.17, 15) is 5.11 Å². The van der Waals surface area contributed by atoms with E-state index < -0.39 is 6.10 Å². The molecule has 1 atom stereocenters. The second-order valence-corrected chi connectivity index (χ2v) is 5.80. The molecule has 0 heterocycles. The molecular formula is C18H25NO2. The molecule has 3 heteroatoms. The first-order chi connectivity index (χ1) is 10.1. The van der Waals surface area contributed by atoms with Crippen molar-refractivity contribution in [1.82, 2.24) is 4.90 Å². The first-order valence-electron chi connectivity index (χ1n) is 7.53. The van der Waals surface area contributed by atoms with Gasteiger partial charge < -0.3 is 14.7 Å². The summed E-state index contributed by atoms with van der Waals surface area (Å²) >= 11 is 0. The Labute approximate surface area is 127 Å². The van der Waals surface area contributed by atoms with Gasteiger partial charge in [-0.2, -0.15) is 0 Å². The zero-order valence-electron chi connectivity index (χ0n) is 13.1. The monoisotopic (exact) mass is 287 g/mol. The molecule has 0 fully saturated rings. The SMILES string of the molecule is CC(C)OCCN(C)CC(O)c1ccc2ccccc2c1. The van der Waals surface area contributed by atoms with E-state index in [0.29, 0.717) is 13.2 Å². The summed E-state index contributed by atoms with van der Waals surface area (Å²) < 4.78 is 5.53. The second kappa shape index (κ2) is 7.55. The van der Waals surface area contributed by atoms with Crippen LogP contribution in [0, 0.1) is 0 Å². The van der Waals surface area contributed by atoms with E-state index in [1.807, 2.05) is 39.1 Å². The summed E-state index contributed by atoms with van der Waals surface area (Å²) in [6.45, 7) is 6.19. The quantitative estimate of drug-likeness (QED) is 0.848. The molecule has 0 saturated heterocycles. The number of aliphatic hydroxyl groups excluding tert-OH is 1. The third-order valence-electron chi connectivity index (χ3n) is 3.57. The highest BCUT2D eigenvalue weighted by molar-refractivity contribution is 5.83. The standard InChI is InChI=1S/C18H25NO2/c1-14(2)21-11-10-19(3)13-18(20)17-9-8-15-6-4-5-7-16(15)12-17/h4-9,12,14,18,20H,10-11,13H2,1-3H3. The van der Waals surface area contributed by atoms with Crippen LogP contribution in [0.4, 0.5) is 0 Å². The molecule has 1 unspecified atom stereocenters. The summed E-state index contributed by atoms with van der Waals surface area (Å²) in [6.07, 6.45) is -0.220. The Morgan fingerprint density at radius 1 is 1.10 bits per heavy atom. The maximum absolute atomic E-state index is 10.4. The number of hydrogen-bond acceptors (Lipinski definition) is 3. The van der Waals surface area contributed by atoms with Crippen molar-refractivity contribution in [3.8, 4) is 0 Å².